The summed E-state index contributed by atoms with van der Waals surface area (Å²) in [5.74, 6) is 0.461. The Hall–Kier alpha value is -3.21. The summed E-state index contributed by atoms with van der Waals surface area (Å²) in [5, 5.41) is 1.01. The Bertz CT molecular complexity index is 939. The summed E-state index contributed by atoms with van der Waals surface area (Å²) in [6.45, 7) is 3.14. The zero-order valence-corrected chi connectivity index (χ0v) is 15.6. The van der Waals surface area contributed by atoms with Crippen LogP contribution in [-0.2, 0) is 11.3 Å². The summed E-state index contributed by atoms with van der Waals surface area (Å²) < 4.78 is 5.79. The molecular formula is C22H23N3O2. The van der Waals surface area contributed by atoms with Gasteiger partial charge in [-0.3, -0.25) is 9.78 Å². The van der Waals surface area contributed by atoms with Crippen LogP contribution in [0.2, 0.25) is 0 Å². The molecule has 0 atom stereocenters. The zero-order chi connectivity index (χ0) is 19.1. The third-order valence-corrected chi connectivity index (χ3v) is 4.08. The van der Waals surface area contributed by atoms with Gasteiger partial charge in [0, 0.05) is 43.0 Å². The van der Waals surface area contributed by atoms with Crippen molar-refractivity contribution in [3.63, 3.8) is 0 Å². The lowest BCUT2D eigenvalue weighted by molar-refractivity contribution is -0.125. The number of ether oxygens (including phenoxy) is 1. The molecule has 0 spiro atoms. The van der Waals surface area contributed by atoms with E-state index in [0.29, 0.717) is 19.0 Å². The highest BCUT2D eigenvalue weighted by molar-refractivity contribution is 5.93. The second-order valence-corrected chi connectivity index (χ2v) is 6.31. The molecule has 0 saturated heterocycles. The van der Waals surface area contributed by atoms with Crippen LogP contribution >= 0.6 is 0 Å². The lowest BCUT2D eigenvalue weighted by Gasteiger charge is -2.15. The maximum Gasteiger partial charge on any atom is 0.246 e. The van der Waals surface area contributed by atoms with E-state index in [0.717, 1.165) is 28.5 Å². The Morgan fingerprint density at radius 2 is 2.07 bits per heavy atom. The highest BCUT2D eigenvalue weighted by atomic mass is 16.5. The molecule has 3 aromatic rings. The van der Waals surface area contributed by atoms with Gasteiger partial charge in [-0.25, -0.2) is 4.98 Å². The largest absolute Gasteiger partial charge is 0.477 e. The number of nitrogens with zero attached hydrogens (tertiary/aromatic N) is 3. The zero-order valence-electron chi connectivity index (χ0n) is 15.6. The number of carbonyl (C=O) groups is 1. The molecule has 0 aliphatic rings. The van der Waals surface area contributed by atoms with E-state index in [2.05, 4.69) is 9.97 Å². The van der Waals surface area contributed by atoms with Gasteiger partial charge in [0.15, 0.2) is 0 Å². The lowest BCUT2D eigenvalue weighted by atomic mass is 10.1. The molecule has 27 heavy (non-hydrogen) atoms. The van der Waals surface area contributed by atoms with Crippen LogP contribution in [0.4, 0.5) is 0 Å². The predicted octanol–water partition coefficient (Wildman–Crippen LogP) is 4.09. The smallest absolute Gasteiger partial charge is 0.246 e. The number of benzene rings is 1. The molecule has 0 bridgehead atoms. The minimum Gasteiger partial charge on any atom is -0.477 e. The van der Waals surface area contributed by atoms with E-state index in [1.165, 1.54) is 0 Å². The Kier molecular flexibility index (Phi) is 6.15. The van der Waals surface area contributed by atoms with Crippen LogP contribution in [0.25, 0.3) is 17.0 Å². The van der Waals surface area contributed by atoms with Crippen molar-refractivity contribution in [2.75, 3.05) is 13.7 Å². The number of hydrogen-bond acceptors (Lipinski definition) is 4. The number of likely N-dealkylation sites (N-methyl/N-ethyl adjacent to an activating group) is 1. The molecule has 3 rings (SSSR count). The Balaban J connectivity index is 1.79. The number of hydrogen-bond donors (Lipinski definition) is 0. The van der Waals surface area contributed by atoms with E-state index < -0.39 is 0 Å². The number of para-hydroxylation sites is 1. The molecule has 0 saturated carbocycles. The Morgan fingerprint density at radius 3 is 2.85 bits per heavy atom. The lowest BCUT2D eigenvalue weighted by Crippen LogP contribution is -2.24. The van der Waals surface area contributed by atoms with Gasteiger partial charge in [0.25, 0.3) is 0 Å². The molecule has 2 aromatic heterocycles. The van der Waals surface area contributed by atoms with Crippen LogP contribution in [0.3, 0.4) is 0 Å². The molecule has 0 aliphatic heterocycles. The molecule has 0 aliphatic carbocycles. The summed E-state index contributed by atoms with van der Waals surface area (Å²) in [5.41, 5.74) is 2.66. The molecule has 0 fully saturated rings. The monoisotopic (exact) mass is 361 g/mol. The molecule has 1 aromatic carbocycles. The normalized spacial score (nSPS) is 11.0. The van der Waals surface area contributed by atoms with Crippen molar-refractivity contribution in [1.29, 1.82) is 0 Å². The van der Waals surface area contributed by atoms with E-state index in [1.807, 2.05) is 49.4 Å². The fourth-order valence-electron chi connectivity index (χ4n) is 2.68. The topological polar surface area (TPSA) is 55.3 Å². The quantitative estimate of drug-likeness (QED) is 0.595. The summed E-state index contributed by atoms with van der Waals surface area (Å²) >= 11 is 0. The second kappa shape index (κ2) is 8.94. The maximum atomic E-state index is 12.5. The van der Waals surface area contributed by atoms with Gasteiger partial charge >= 0.3 is 0 Å². The van der Waals surface area contributed by atoms with Crippen molar-refractivity contribution in [3.8, 4) is 5.88 Å². The van der Waals surface area contributed by atoms with Crippen LogP contribution in [0, 0.1) is 0 Å². The second-order valence-electron chi connectivity index (χ2n) is 6.31. The minimum absolute atomic E-state index is 0.0894. The van der Waals surface area contributed by atoms with Crippen molar-refractivity contribution < 1.29 is 9.53 Å². The highest BCUT2D eigenvalue weighted by Gasteiger charge is 2.09. The third kappa shape index (κ3) is 4.91. The maximum absolute atomic E-state index is 12.5. The SMILES string of the molecule is CCCOc1nc2ccccc2cc1/C=C/C(=O)N(C)Cc1cccnc1. The fraction of sp³-hybridized carbons (Fsp3) is 0.227. The number of amides is 1. The van der Waals surface area contributed by atoms with Gasteiger partial charge in [-0.15, -0.1) is 0 Å². The molecule has 1 amide bonds. The molecule has 138 valence electrons. The number of carbonyl (C=O) groups excluding carboxylic acids is 1. The molecule has 5 heteroatoms. The van der Waals surface area contributed by atoms with Crippen molar-refractivity contribution in [2.45, 2.75) is 19.9 Å². The molecular weight excluding hydrogens is 338 g/mol. The van der Waals surface area contributed by atoms with Crippen LogP contribution in [0.1, 0.15) is 24.5 Å². The summed E-state index contributed by atoms with van der Waals surface area (Å²) in [4.78, 5) is 22.8. The fourth-order valence-corrected chi connectivity index (χ4v) is 2.68. The van der Waals surface area contributed by atoms with Crippen LogP contribution in [0.15, 0.2) is 60.9 Å². The van der Waals surface area contributed by atoms with Gasteiger partial charge < -0.3 is 9.64 Å². The Labute approximate surface area is 159 Å². The third-order valence-electron chi connectivity index (χ3n) is 4.08. The first-order valence-corrected chi connectivity index (χ1v) is 9.02. The van der Waals surface area contributed by atoms with E-state index in [4.69, 9.17) is 4.74 Å². The average Bonchev–Trinajstić information content (AvgIpc) is 2.70. The standard InChI is InChI=1S/C22H23N3O2/c1-3-13-27-22-19(14-18-8-4-5-9-20(18)24-22)10-11-21(26)25(2)16-17-7-6-12-23-15-17/h4-12,14-15H,3,13,16H2,1-2H3/b11-10+. The van der Waals surface area contributed by atoms with Gasteiger partial charge in [0.05, 0.1) is 12.1 Å². The van der Waals surface area contributed by atoms with Gasteiger partial charge in [0.1, 0.15) is 0 Å². The van der Waals surface area contributed by atoms with Crippen molar-refractivity contribution in [3.05, 3.63) is 72.1 Å². The first-order valence-electron chi connectivity index (χ1n) is 9.02. The summed E-state index contributed by atoms with van der Waals surface area (Å²) in [6.07, 6.45) is 7.70. The van der Waals surface area contributed by atoms with E-state index >= 15 is 0 Å². The van der Waals surface area contributed by atoms with E-state index in [-0.39, 0.29) is 5.91 Å². The predicted molar refractivity (Wildman–Crippen MR) is 107 cm³/mol. The summed E-state index contributed by atoms with van der Waals surface area (Å²) in [7, 11) is 1.77. The molecule has 2 heterocycles. The number of fused-ring (bicyclic) bond motifs is 1. The van der Waals surface area contributed by atoms with Crippen molar-refractivity contribution >= 4 is 22.9 Å². The van der Waals surface area contributed by atoms with Crippen LogP contribution < -0.4 is 4.74 Å². The van der Waals surface area contributed by atoms with Gasteiger partial charge in [0.2, 0.25) is 11.8 Å². The van der Waals surface area contributed by atoms with Crippen LogP contribution in [-0.4, -0.2) is 34.4 Å². The Morgan fingerprint density at radius 1 is 1.22 bits per heavy atom. The molecule has 0 radical (unpaired) electrons. The van der Waals surface area contributed by atoms with Gasteiger partial charge in [-0.2, -0.15) is 0 Å². The van der Waals surface area contributed by atoms with E-state index in [1.54, 1.807) is 36.5 Å². The first-order chi connectivity index (χ1) is 13.2. The van der Waals surface area contributed by atoms with Crippen molar-refractivity contribution in [2.24, 2.45) is 0 Å². The molecule has 0 N–H and O–H groups in total. The van der Waals surface area contributed by atoms with Crippen LogP contribution in [0.5, 0.6) is 5.88 Å². The van der Waals surface area contributed by atoms with E-state index in [9.17, 15) is 4.79 Å². The number of pyridine rings is 2. The first kappa shape index (κ1) is 18.6. The molecule has 5 nitrogen and oxygen atoms in total. The highest BCUT2D eigenvalue weighted by Crippen LogP contribution is 2.24. The van der Waals surface area contributed by atoms with Crippen molar-refractivity contribution in [1.82, 2.24) is 14.9 Å². The molecule has 0 unspecified atom stereocenters. The average molecular weight is 361 g/mol. The van der Waals surface area contributed by atoms with Gasteiger partial charge in [-0.05, 0) is 36.3 Å². The summed E-state index contributed by atoms with van der Waals surface area (Å²) in [6, 6.07) is 13.7. The number of rotatable bonds is 7. The van der Waals surface area contributed by atoms with Gasteiger partial charge in [-0.1, -0.05) is 31.2 Å². The number of aromatic nitrogens is 2. The minimum atomic E-state index is -0.0894.